The molecule has 0 spiro atoms. The molecule has 21 heavy (non-hydrogen) atoms. The van der Waals surface area contributed by atoms with Gasteiger partial charge in [-0.05, 0) is 35.6 Å². The Morgan fingerprint density at radius 1 is 1.33 bits per heavy atom. The summed E-state index contributed by atoms with van der Waals surface area (Å²) in [7, 11) is 1.59. The van der Waals surface area contributed by atoms with E-state index in [1.165, 1.54) is 0 Å². The predicted molar refractivity (Wildman–Crippen MR) is 82.7 cm³/mol. The molecule has 1 N–H and O–H groups in total. The molecule has 4 nitrogen and oxygen atoms in total. The number of benzene rings is 1. The van der Waals surface area contributed by atoms with Crippen molar-refractivity contribution in [1.29, 1.82) is 0 Å². The highest BCUT2D eigenvalue weighted by Gasteiger charge is 2.26. The van der Waals surface area contributed by atoms with Gasteiger partial charge in [-0.3, -0.25) is 9.78 Å². The quantitative estimate of drug-likeness (QED) is 0.928. The lowest BCUT2D eigenvalue weighted by Crippen LogP contribution is -2.19. The summed E-state index contributed by atoms with van der Waals surface area (Å²) in [5.74, 6) is -0.636. The highest BCUT2D eigenvalue weighted by atomic mass is 16.5. The number of fused-ring (bicyclic) bond motifs is 1. The molecule has 4 heteroatoms. The summed E-state index contributed by atoms with van der Waals surface area (Å²) in [5.41, 5.74) is 1.59. The van der Waals surface area contributed by atoms with Crippen molar-refractivity contribution in [3.05, 3.63) is 36.0 Å². The van der Waals surface area contributed by atoms with Crippen molar-refractivity contribution in [3.8, 4) is 5.75 Å². The second-order valence-electron chi connectivity index (χ2n) is 6.48. The zero-order valence-corrected chi connectivity index (χ0v) is 12.9. The fourth-order valence-corrected chi connectivity index (χ4v) is 2.42. The third-order valence-electron chi connectivity index (χ3n) is 3.43. The summed E-state index contributed by atoms with van der Waals surface area (Å²) >= 11 is 0. The van der Waals surface area contributed by atoms with E-state index in [0.29, 0.717) is 12.2 Å². The molecule has 0 bridgehead atoms. The third-order valence-corrected chi connectivity index (χ3v) is 3.43. The highest BCUT2D eigenvalue weighted by Crippen LogP contribution is 2.33. The topological polar surface area (TPSA) is 59.4 Å². The minimum absolute atomic E-state index is 0.0510. The molecule has 0 aliphatic carbocycles. The first kappa shape index (κ1) is 15.3. The number of nitrogens with zero attached hydrogens (tertiary/aromatic N) is 1. The number of aromatic nitrogens is 1. The molecular weight excluding hydrogens is 266 g/mol. The van der Waals surface area contributed by atoms with Crippen LogP contribution in [0, 0.1) is 5.41 Å². The Bertz CT molecular complexity index is 659. The van der Waals surface area contributed by atoms with E-state index in [1.807, 2.05) is 24.3 Å². The number of hydrogen-bond donors (Lipinski definition) is 1. The Labute approximate surface area is 124 Å². The number of carbonyl (C=O) groups is 1. The molecule has 1 unspecified atom stereocenters. The largest absolute Gasteiger partial charge is 0.495 e. The van der Waals surface area contributed by atoms with Gasteiger partial charge in [0.15, 0.2) is 0 Å². The summed E-state index contributed by atoms with van der Waals surface area (Å²) in [6, 6.07) is 7.49. The predicted octanol–water partition coefficient (Wildman–Crippen LogP) is 3.85. The molecule has 0 aliphatic rings. The maximum atomic E-state index is 11.6. The first-order chi connectivity index (χ1) is 9.80. The van der Waals surface area contributed by atoms with Crippen LogP contribution in [-0.4, -0.2) is 23.2 Å². The van der Waals surface area contributed by atoms with Gasteiger partial charge in [-0.2, -0.15) is 0 Å². The van der Waals surface area contributed by atoms with Crippen molar-refractivity contribution in [2.24, 2.45) is 5.41 Å². The van der Waals surface area contributed by atoms with Gasteiger partial charge in [0.25, 0.3) is 0 Å². The Hall–Kier alpha value is -2.10. The Morgan fingerprint density at radius 3 is 2.62 bits per heavy atom. The monoisotopic (exact) mass is 287 g/mol. The van der Waals surface area contributed by atoms with E-state index in [0.717, 1.165) is 16.5 Å². The summed E-state index contributed by atoms with van der Waals surface area (Å²) < 4.78 is 5.17. The van der Waals surface area contributed by atoms with Crippen LogP contribution in [0.2, 0.25) is 0 Å². The molecule has 1 heterocycles. The second kappa shape index (κ2) is 5.72. The average molecular weight is 287 g/mol. The van der Waals surface area contributed by atoms with Gasteiger partial charge in [-0.15, -0.1) is 0 Å². The van der Waals surface area contributed by atoms with Crippen LogP contribution in [0.25, 0.3) is 10.9 Å². The van der Waals surface area contributed by atoms with E-state index in [4.69, 9.17) is 4.74 Å². The van der Waals surface area contributed by atoms with E-state index in [-0.39, 0.29) is 5.41 Å². The number of carboxylic acids is 1. The van der Waals surface area contributed by atoms with Gasteiger partial charge in [0, 0.05) is 5.39 Å². The Kier molecular flexibility index (Phi) is 4.16. The summed E-state index contributed by atoms with van der Waals surface area (Å²) in [6.07, 6.45) is 2.25. The van der Waals surface area contributed by atoms with Gasteiger partial charge in [0.2, 0.25) is 0 Å². The van der Waals surface area contributed by atoms with Crippen LogP contribution in [0.15, 0.2) is 30.5 Å². The van der Waals surface area contributed by atoms with Crippen molar-refractivity contribution < 1.29 is 14.6 Å². The minimum Gasteiger partial charge on any atom is -0.495 e. The van der Waals surface area contributed by atoms with Crippen LogP contribution < -0.4 is 4.74 Å². The molecule has 1 atom stereocenters. The number of rotatable bonds is 4. The van der Waals surface area contributed by atoms with E-state index >= 15 is 0 Å². The Morgan fingerprint density at radius 2 is 2.05 bits per heavy atom. The number of aliphatic carboxylic acids is 1. The SMILES string of the molecule is COc1cnc2ccc(C(CC(C)(C)C)C(=O)O)cc2c1. The van der Waals surface area contributed by atoms with Gasteiger partial charge in [0.1, 0.15) is 5.75 Å². The van der Waals surface area contributed by atoms with Crippen LogP contribution in [0.5, 0.6) is 5.75 Å². The summed E-state index contributed by atoms with van der Waals surface area (Å²) in [5, 5.41) is 10.4. The summed E-state index contributed by atoms with van der Waals surface area (Å²) in [6.45, 7) is 6.15. The van der Waals surface area contributed by atoms with Crippen LogP contribution in [0.4, 0.5) is 0 Å². The van der Waals surface area contributed by atoms with Crippen LogP contribution in [0.1, 0.15) is 38.7 Å². The van der Waals surface area contributed by atoms with E-state index in [1.54, 1.807) is 13.3 Å². The van der Waals surface area contributed by atoms with E-state index in [2.05, 4.69) is 25.8 Å². The van der Waals surface area contributed by atoms with E-state index in [9.17, 15) is 9.90 Å². The first-order valence-electron chi connectivity index (χ1n) is 6.97. The molecular formula is C17H21NO3. The molecule has 0 aliphatic heterocycles. The van der Waals surface area contributed by atoms with Gasteiger partial charge in [0.05, 0.1) is 24.7 Å². The van der Waals surface area contributed by atoms with Crippen molar-refractivity contribution in [3.63, 3.8) is 0 Å². The van der Waals surface area contributed by atoms with Gasteiger partial charge < -0.3 is 9.84 Å². The van der Waals surface area contributed by atoms with Crippen molar-refractivity contribution in [1.82, 2.24) is 4.98 Å². The molecule has 0 saturated carbocycles. The van der Waals surface area contributed by atoms with Crippen molar-refractivity contribution in [2.75, 3.05) is 7.11 Å². The third kappa shape index (κ3) is 3.72. The minimum atomic E-state index is -0.792. The fraction of sp³-hybridized carbons (Fsp3) is 0.412. The van der Waals surface area contributed by atoms with Crippen LogP contribution in [-0.2, 0) is 4.79 Å². The number of ether oxygens (including phenoxy) is 1. The molecule has 112 valence electrons. The molecule has 0 fully saturated rings. The molecule has 1 aromatic heterocycles. The standard InChI is InChI=1S/C17H21NO3/c1-17(2,3)9-14(16(19)20)11-5-6-15-12(7-11)8-13(21-4)10-18-15/h5-8,10,14H,9H2,1-4H3,(H,19,20). The number of carboxylic acid groups (broad SMARTS) is 1. The normalized spacial score (nSPS) is 13.1. The van der Waals surface area contributed by atoms with Crippen molar-refractivity contribution in [2.45, 2.75) is 33.1 Å². The van der Waals surface area contributed by atoms with Crippen LogP contribution in [0.3, 0.4) is 0 Å². The van der Waals surface area contributed by atoms with Crippen molar-refractivity contribution >= 4 is 16.9 Å². The lowest BCUT2D eigenvalue weighted by Gasteiger charge is -2.23. The lowest BCUT2D eigenvalue weighted by molar-refractivity contribution is -0.139. The van der Waals surface area contributed by atoms with E-state index < -0.39 is 11.9 Å². The molecule has 1 aromatic carbocycles. The van der Waals surface area contributed by atoms with Gasteiger partial charge >= 0.3 is 5.97 Å². The van der Waals surface area contributed by atoms with Gasteiger partial charge in [-0.1, -0.05) is 26.8 Å². The number of hydrogen-bond acceptors (Lipinski definition) is 3. The molecule has 0 amide bonds. The lowest BCUT2D eigenvalue weighted by atomic mass is 9.81. The smallest absolute Gasteiger partial charge is 0.310 e. The molecule has 2 rings (SSSR count). The fourth-order valence-electron chi connectivity index (χ4n) is 2.42. The zero-order chi connectivity index (χ0) is 15.6. The first-order valence-corrected chi connectivity index (χ1v) is 6.97. The Balaban J connectivity index is 2.45. The summed E-state index contributed by atoms with van der Waals surface area (Å²) in [4.78, 5) is 15.9. The molecule has 0 saturated heterocycles. The average Bonchev–Trinajstić information content (AvgIpc) is 2.42. The molecule has 2 aromatic rings. The highest BCUT2D eigenvalue weighted by molar-refractivity contribution is 5.83. The number of pyridine rings is 1. The van der Waals surface area contributed by atoms with Gasteiger partial charge in [-0.25, -0.2) is 0 Å². The number of methoxy groups -OCH3 is 1. The maximum Gasteiger partial charge on any atom is 0.310 e. The zero-order valence-electron chi connectivity index (χ0n) is 12.9. The molecule has 0 radical (unpaired) electrons. The maximum absolute atomic E-state index is 11.6. The second-order valence-corrected chi connectivity index (χ2v) is 6.48. The van der Waals surface area contributed by atoms with Crippen LogP contribution >= 0.6 is 0 Å².